The van der Waals surface area contributed by atoms with Crippen LogP contribution in [0.5, 0.6) is 0 Å². The smallest absolute Gasteiger partial charge is 0.249 e. The van der Waals surface area contributed by atoms with Crippen LogP contribution in [0.15, 0.2) is 0 Å². The molecule has 0 saturated heterocycles. The molecule has 0 radical (unpaired) electrons. The van der Waals surface area contributed by atoms with Gasteiger partial charge in [-0.05, 0) is 6.42 Å². The van der Waals surface area contributed by atoms with Gasteiger partial charge in [-0.3, -0.25) is 14.4 Å². The van der Waals surface area contributed by atoms with Gasteiger partial charge >= 0.3 is 0 Å². The summed E-state index contributed by atoms with van der Waals surface area (Å²) < 4.78 is 14.7. The van der Waals surface area contributed by atoms with Crippen LogP contribution in [-0.2, 0) is 23.5 Å². The summed E-state index contributed by atoms with van der Waals surface area (Å²) in [4.78, 5) is 56.6. The molecule has 0 aliphatic rings. The van der Waals surface area contributed by atoms with Crippen LogP contribution in [0.1, 0.15) is 65.7 Å². The van der Waals surface area contributed by atoms with Crippen molar-refractivity contribution in [1.29, 1.82) is 0 Å². The molecule has 182 valence electrons. The predicted molar refractivity (Wildman–Crippen MR) is 115 cm³/mol. The molecular weight excluding hydrogens is 447 g/mol. The van der Waals surface area contributed by atoms with Gasteiger partial charge in [-0.15, -0.1) is 0 Å². The summed E-state index contributed by atoms with van der Waals surface area (Å²) in [7, 11) is -5.22. The maximum Gasteiger partial charge on any atom is 0.249 e. The van der Waals surface area contributed by atoms with Crippen molar-refractivity contribution in [1.82, 2.24) is 10.6 Å². The first kappa shape index (κ1) is 30.0. The van der Waals surface area contributed by atoms with E-state index < -0.39 is 31.9 Å². The van der Waals surface area contributed by atoms with E-state index in [4.69, 9.17) is 0 Å². The van der Waals surface area contributed by atoms with E-state index >= 15 is 0 Å². The monoisotopic (exact) mass is 482 g/mol. The first-order valence-corrected chi connectivity index (χ1v) is 12.9. The van der Waals surface area contributed by atoms with Crippen LogP contribution < -0.4 is 20.4 Å². The molecule has 0 aromatic rings. The van der Waals surface area contributed by atoms with Crippen LogP contribution in [-0.4, -0.2) is 53.6 Å². The van der Waals surface area contributed by atoms with Crippen molar-refractivity contribution in [2.45, 2.75) is 71.8 Å². The Morgan fingerprint density at radius 2 is 1.71 bits per heavy atom. The fraction of sp³-hybridized carbons (Fsp3) is 0.842. The van der Waals surface area contributed by atoms with Crippen LogP contribution in [0.2, 0.25) is 0 Å². The largest absolute Gasteiger partial charge is 0.790 e. The summed E-state index contributed by atoms with van der Waals surface area (Å²) in [6.45, 7) is 4.51. The van der Waals surface area contributed by atoms with Gasteiger partial charge in [0.1, 0.15) is 6.10 Å². The first-order chi connectivity index (χ1) is 14.4. The van der Waals surface area contributed by atoms with E-state index in [-0.39, 0.29) is 24.0 Å². The lowest BCUT2D eigenvalue weighted by Crippen LogP contribution is -2.46. The Morgan fingerprint density at radius 3 is 2.32 bits per heavy atom. The van der Waals surface area contributed by atoms with Crippen molar-refractivity contribution in [2.24, 2.45) is 5.41 Å². The number of hydrogen-bond acceptors (Lipinski definition) is 9. The van der Waals surface area contributed by atoms with Crippen molar-refractivity contribution >= 4 is 36.5 Å². The number of rotatable bonds is 17. The highest BCUT2D eigenvalue weighted by atomic mass is 32.2. The molecule has 3 N–H and O–H groups in total. The number of phosphoric ester groups is 1. The Balaban J connectivity index is 3.94. The maximum atomic E-state index is 12.0. The Bertz CT molecular complexity index is 612. The van der Waals surface area contributed by atoms with Crippen LogP contribution in [0.3, 0.4) is 0 Å². The Kier molecular flexibility index (Phi) is 15.3. The van der Waals surface area contributed by atoms with Crippen LogP contribution in [0.25, 0.3) is 0 Å². The number of aliphatic hydroxyl groups is 1. The van der Waals surface area contributed by atoms with Gasteiger partial charge in [0.25, 0.3) is 0 Å². The molecule has 0 rings (SSSR count). The molecule has 0 aromatic heterocycles. The van der Waals surface area contributed by atoms with Crippen LogP contribution in [0.4, 0.5) is 0 Å². The summed E-state index contributed by atoms with van der Waals surface area (Å²) in [5.74, 6) is -0.654. The Morgan fingerprint density at radius 1 is 1.06 bits per heavy atom. The normalized spacial score (nSPS) is 13.0. The number of carbonyl (C=O) groups is 3. The number of aliphatic hydroxyl groups excluding tert-OH is 1. The third-order valence-corrected chi connectivity index (χ3v) is 5.79. The fourth-order valence-corrected chi connectivity index (χ4v) is 3.68. The second-order valence-corrected chi connectivity index (χ2v) is 10.2. The predicted octanol–water partition coefficient (Wildman–Crippen LogP) is 0.462. The number of carbonyl (C=O) groups excluding carboxylic acids is 3. The van der Waals surface area contributed by atoms with Gasteiger partial charge in [0, 0.05) is 37.1 Å². The average molecular weight is 483 g/mol. The van der Waals surface area contributed by atoms with Crippen molar-refractivity contribution in [3.8, 4) is 0 Å². The van der Waals surface area contributed by atoms with Gasteiger partial charge in [0.2, 0.25) is 11.8 Å². The Hall–Kier alpha value is -0.970. The van der Waals surface area contributed by atoms with Gasteiger partial charge in [-0.2, -0.15) is 0 Å². The van der Waals surface area contributed by atoms with Gasteiger partial charge in [-0.1, -0.05) is 58.2 Å². The van der Waals surface area contributed by atoms with Gasteiger partial charge in [-0.25, -0.2) is 0 Å². The lowest BCUT2D eigenvalue weighted by Gasteiger charge is -2.35. The average Bonchev–Trinajstić information content (AvgIpc) is 2.68. The first-order valence-electron chi connectivity index (χ1n) is 10.4. The highest BCUT2D eigenvalue weighted by Gasteiger charge is 2.34. The van der Waals surface area contributed by atoms with E-state index in [9.17, 15) is 33.8 Å². The number of unbranched alkanes of at least 4 members (excludes halogenated alkanes) is 4. The summed E-state index contributed by atoms with van der Waals surface area (Å²) in [6, 6.07) is 0. The highest BCUT2D eigenvalue weighted by molar-refractivity contribution is 8.13. The van der Waals surface area contributed by atoms with E-state index in [1.54, 1.807) is 0 Å². The summed E-state index contributed by atoms with van der Waals surface area (Å²) in [6.07, 6.45) is 4.32. The summed E-state index contributed by atoms with van der Waals surface area (Å²) >= 11 is 1.19. The molecule has 10 nitrogen and oxygen atoms in total. The van der Waals surface area contributed by atoms with Crippen molar-refractivity contribution in [3.63, 3.8) is 0 Å². The number of thioether (sulfide) groups is 1. The summed E-state index contributed by atoms with van der Waals surface area (Å²) in [5.41, 5.74) is -1.32. The van der Waals surface area contributed by atoms with Crippen molar-refractivity contribution < 1.29 is 38.4 Å². The molecule has 0 unspecified atom stereocenters. The quantitative estimate of drug-likeness (QED) is 0.197. The van der Waals surface area contributed by atoms with Crippen LogP contribution in [0, 0.1) is 5.41 Å². The van der Waals surface area contributed by atoms with Crippen molar-refractivity contribution in [3.05, 3.63) is 0 Å². The number of amides is 2. The van der Waals surface area contributed by atoms with E-state index in [2.05, 4.69) is 22.1 Å². The van der Waals surface area contributed by atoms with Gasteiger partial charge < -0.3 is 34.6 Å². The molecular formula is C19H35N2O8PS-2. The third-order valence-electron chi connectivity index (χ3n) is 4.41. The van der Waals surface area contributed by atoms with E-state index in [1.807, 2.05) is 0 Å². The lowest BCUT2D eigenvalue weighted by atomic mass is 9.87. The minimum Gasteiger partial charge on any atom is -0.790 e. The number of nitrogens with one attached hydrogen (secondary N) is 2. The third kappa shape index (κ3) is 16.3. The van der Waals surface area contributed by atoms with Gasteiger partial charge in [0.05, 0.1) is 14.4 Å². The standard InChI is InChI=1S/C19H37N2O8PS/c1-4-5-6-7-8-9-16(23)31-13-12-20-15(22)10-11-21-18(25)17(24)19(2,3)14-29-30(26,27)28/h17,24H,4-14H2,1-3H3,(H,20,22)(H,21,25)(H2,26,27,28)/p-2/t17-/m0/s1. The molecule has 0 saturated carbocycles. The highest BCUT2D eigenvalue weighted by Crippen LogP contribution is 2.31. The van der Waals surface area contributed by atoms with Crippen LogP contribution >= 0.6 is 19.6 Å². The molecule has 0 aliphatic carbocycles. The molecule has 0 bridgehead atoms. The number of phosphoric acid groups is 1. The zero-order valence-corrected chi connectivity index (χ0v) is 20.2. The van der Waals surface area contributed by atoms with E-state index in [1.165, 1.54) is 32.0 Å². The second-order valence-electron chi connectivity index (χ2n) is 7.89. The molecule has 0 heterocycles. The molecule has 0 fully saturated rings. The molecule has 2 amide bonds. The fourth-order valence-electron chi connectivity index (χ4n) is 2.46. The van der Waals surface area contributed by atoms with E-state index in [0.29, 0.717) is 18.7 Å². The molecule has 31 heavy (non-hydrogen) atoms. The zero-order chi connectivity index (χ0) is 23.9. The van der Waals surface area contributed by atoms with Crippen molar-refractivity contribution in [2.75, 3.05) is 25.4 Å². The topological polar surface area (TPSA) is 168 Å². The summed E-state index contributed by atoms with van der Waals surface area (Å²) in [5, 5.41) is 15.1. The zero-order valence-electron chi connectivity index (χ0n) is 18.5. The van der Waals surface area contributed by atoms with E-state index in [0.717, 1.165) is 25.7 Å². The number of hydrogen-bond donors (Lipinski definition) is 3. The second kappa shape index (κ2) is 15.8. The minimum absolute atomic E-state index is 0.0260. The molecule has 1 atom stereocenters. The molecule has 0 spiro atoms. The minimum atomic E-state index is -5.22. The SMILES string of the molecule is CCCCCCCC(=O)SCCNC(=O)CCNC(=O)[C@H](O)C(C)(C)COP(=O)([O-])[O-]. The van der Waals surface area contributed by atoms with Gasteiger partial charge in [0.15, 0.2) is 5.12 Å². The lowest BCUT2D eigenvalue weighted by molar-refractivity contribution is -0.343. The Labute approximate surface area is 188 Å². The molecule has 0 aromatic carbocycles. The molecule has 12 heteroatoms. The maximum absolute atomic E-state index is 12.0. The molecule has 0 aliphatic heterocycles.